The molecule has 160 valence electrons. The van der Waals surface area contributed by atoms with Gasteiger partial charge in [0.25, 0.3) is 0 Å². The fourth-order valence-electron chi connectivity index (χ4n) is 3.39. The number of nitrogens with zero attached hydrogens (tertiary/aromatic N) is 3. The molecule has 0 bridgehead atoms. The van der Waals surface area contributed by atoms with E-state index in [2.05, 4.69) is 15.5 Å². The van der Waals surface area contributed by atoms with E-state index in [-0.39, 0.29) is 23.5 Å². The van der Waals surface area contributed by atoms with Gasteiger partial charge in [-0.3, -0.25) is 4.79 Å². The molecule has 1 aliphatic heterocycles. The molecule has 0 unspecified atom stereocenters. The van der Waals surface area contributed by atoms with Crippen LogP contribution in [0.25, 0.3) is 22.5 Å². The first-order valence-corrected chi connectivity index (χ1v) is 12.6. The van der Waals surface area contributed by atoms with E-state index in [1.807, 2.05) is 60.7 Å². The lowest BCUT2D eigenvalue weighted by Gasteiger charge is -2.15. The summed E-state index contributed by atoms with van der Waals surface area (Å²) in [6, 6.07) is 19.1. The van der Waals surface area contributed by atoms with Gasteiger partial charge >= 0.3 is 0 Å². The van der Waals surface area contributed by atoms with E-state index in [9.17, 15) is 13.2 Å². The Bertz CT molecular complexity index is 1170. The third kappa shape index (κ3) is 5.29. The van der Waals surface area contributed by atoms with Crippen molar-refractivity contribution in [2.24, 2.45) is 0 Å². The average Bonchev–Trinajstić information content (AvgIpc) is 3.13. The summed E-state index contributed by atoms with van der Waals surface area (Å²) in [7, 11) is -3.05. The highest BCUT2D eigenvalue weighted by Crippen LogP contribution is 2.30. The number of sulfone groups is 1. The number of thioether (sulfide) groups is 1. The van der Waals surface area contributed by atoms with Gasteiger partial charge in [0.05, 0.1) is 16.8 Å². The van der Waals surface area contributed by atoms with Crippen LogP contribution in [-0.4, -0.2) is 52.3 Å². The number of benzene rings is 2. The lowest BCUT2D eigenvalue weighted by molar-refractivity contribution is -0.120. The van der Waals surface area contributed by atoms with Gasteiger partial charge in [-0.25, -0.2) is 13.4 Å². The summed E-state index contributed by atoms with van der Waals surface area (Å²) in [6.45, 7) is 1.75. The van der Waals surface area contributed by atoms with Crippen molar-refractivity contribution in [3.63, 3.8) is 0 Å². The van der Waals surface area contributed by atoms with E-state index in [4.69, 9.17) is 4.98 Å². The van der Waals surface area contributed by atoms with Crippen molar-refractivity contribution in [2.75, 3.05) is 11.5 Å². The fourth-order valence-corrected chi connectivity index (χ4v) is 5.78. The molecule has 3 aromatic rings. The zero-order valence-corrected chi connectivity index (χ0v) is 18.6. The second kappa shape index (κ2) is 9.15. The standard InChI is InChI=1S/C22H22N4O3S2/c1-15(21(27)23-18-12-13-31(28,29)14-18)30-22-24-19(16-8-4-2-5-9-16)20(25-26-22)17-10-6-3-7-11-17/h2-11,15,18H,12-14H2,1H3,(H,23,27)/t15-,18+/m1/s1. The van der Waals surface area contributed by atoms with Crippen molar-refractivity contribution in [2.45, 2.75) is 29.8 Å². The van der Waals surface area contributed by atoms with Crippen molar-refractivity contribution in [3.05, 3.63) is 60.7 Å². The van der Waals surface area contributed by atoms with Crippen LogP contribution in [-0.2, 0) is 14.6 Å². The minimum absolute atomic E-state index is 0.00187. The Labute approximate surface area is 185 Å². The molecule has 4 rings (SSSR count). The molecule has 0 aliphatic carbocycles. The van der Waals surface area contributed by atoms with Crippen molar-refractivity contribution >= 4 is 27.5 Å². The van der Waals surface area contributed by atoms with Crippen LogP contribution in [0.5, 0.6) is 0 Å². The molecule has 1 saturated heterocycles. The Balaban J connectivity index is 1.56. The van der Waals surface area contributed by atoms with Crippen LogP contribution >= 0.6 is 11.8 Å². The number of hydrogen-bond donors (Lipinski definition) is 1. The number of carbonyl (C=O) groups excluding carboxylic acids is 1. The number of hydrogen-bond acceptors (Lipinski definition) is 7. The minimum atomic E-state index is -3.05. The molecule has 1 aromatic heterocycles. The highest BCUT2D eigenvalue weighted by atomic mass is 32.2. The first-order valence-electron chi connectivity index (χ1n) is 9.94. The van der Waals surface area contributed by atoms with E-state index < -0.39 is 15.1 Å². The normalized spacial score (nSPS) is 18.4. The first-order chi connectivity index (χ1) is 14.9. The Kier molecular flexibility index (Phi) is 6.33. The van der Waals surface area contributed by atoms with Gasteiger partial charge in [0.1, 0.15) is 11.4 Å². The molecule has 1 N–H and O–H groups in total. The van der Waals surface area contributed by atoms with Crippen LogP contribution in [0.3, 0.4) is 0 Å². The van der Waals surface area contributed by atoms with Gasteiger partial charge in [-0.1, -0.05) is 72.4 Å². The van der Waals surface area contributed by atoms with Crippen LogP contribution in [0.1, 0.15) is 13.3 Å². The largest absolute Gasteiger partial charge is 0.351 e. The van der Waals surface area contributed by atoms with Crippen LogP contribution < -0.4 is 5.32 Å². The second-order valence-electron chi connectivity index (χ2n) is 7.39. The SMILES string of the molecule is C[C@@H](Sc1nnc(-c2ccccc2)c(-c2ccccc2)n1)C(=O)N[C@H]1CCS(=O)(=O)C1. The van der Waals surface area contributed by atoms with Gasteiger partial charge in [0.2, 0.25) is 11.1 Å². The molecule has 0 radical (unpaired) electrons. The van der Waals surface area contributed by atoms with Crippen molar-refractivity contribution in [1.29, 1.82) is 0 Å². The molecule has 31 heavy (non-hydrogen) atoms. The molecule has 1 amide bonds. The van der Waals surface area contributed by atoms with Crippen molar-refractivity contribution in [3.8, 4) is 22.5 Å². The molecule has 0 spiro atoms. The highest BCUT2D eigenvalue weighted by molar-refractivity contribution is 8.00. The Morgan fingerprint density at radius 1 is 1.00 bits per heavy atom. The van der Waals surface area contributed by atoms with Crippen LogP contribution in [0.15, 0.2) is 65.8 Å². The number of rotatable bonds is 6. The van der Waals surface area contributed by atoms with E-state index in [1.54, 1.807) is 6.92 Å². The van der Waals surface area contributed by atoms with Crippen molar-refractivity contribution in [1.82, 2.24) is 20.5 Å². The molecule has 2 aromatic carbocycles. The molecule has 2 heterocycles. The summed E-state index contributed by atoms with van der Waals surface area (Å²) in [5, 5.41) is 11.4. The predicted octanol–water partition coefficient (Wildman–Crippen LogP) is 2.99. The van der Waals surface area contributed by atoms with Crippen LogP contribution in [0.4, 0.5) is 0 Å². The average molecular weight is 455 g/mol. The van der Waals surface area contributed by atoms with Crippen molar-refractivity contribution < 1.29 is 13.2 Å². The Morgan fingerprint density at radius 3 is 2.19 bits per heavy atom. The van der Waals surface area contributed by atoms with E-state index in [1.165, 1.54) is 11.8 Å². The number of nitrogens with one attached hydrogen (secondary N) is 1. The quantitative estimate of drug-likeness (QED) is 0.571. The van der Waals surface area contributed by atoms with Gasteiger partial charge in [-0.2, -0.15) is 0 Å². The van der Waals surface area contributed by atoms with Gasteiger partial charge in [0, 0.05) is 17.2 Å². The molecule has 9 heteroatoms. The van der Waals surface area contributed by atoms with Gasteiger partial charge < -0.3 is 5.32 Å². The van der Waals surface area contributed by atoms with E-state index in [0.717, 1.165) is 11.1 Å². The summed E-state index contributed by atoms with van der Waals surface area (Å²) in [6.07, 6.45) is 0.452. The number of carbonyl (C=O) groups is 1. The first kappa shape index (κ1) is 21.5. The smallest absolute Gasteiger partial charge is 0.233 e. The maximum Gasteiger partial charge on any atom is 0.233 e. The zero-order chi connectivity index (χ0) is 21.8. The maximum absolute atomic E-state index is 12.6. The van der Waals surface area contributed by atoms with Crippen LogP contribution in [0.2, 0.25) is 0 Å². The summed E-state index contributed by atoms with van der Waals surface area (Å²) in [5.41, 5.74) is 3.18. The lowest BCUT2D eigenvalue weighted by Crippen LogP contribution is -2.40. The topological polar surface area (TPSA) is 102 Å². The molecule has 1 aliphatic rings. The predicted molar refractivity (Wildman–Crippen MR) is 121 cm³/mol. The summed E-state index contributed by atoms with van der Waals surface area (Å²) in [5.74, 6) is -0.115. The van der Waals surface area contributed by atoms with E-state index in [0.29, 0.717) is 23.0 Å². The maximum atomic E-state index is 12.6. The highest BCUT2D eigenvalue weighted by Gasteiger charge is 2.30. The number of aromatic nitrogens is 3. The minimum Gasteiger partial charge on any atom is -0.351 e. The fraction of sp³-hybridized carbons (Fsp3) is 0.273. The molecule has 1 fully saturated rings. The molecule has 2 atom stereocenters. The monoisotopic (exact) mass is 454 g/mol. The van der Waals surface area contributed by atoms with Crippen LogP contribution in [0, 0.1) is 0 Å². The molecule has 0 saturated carbocycles. The third-order valence-corrected chi connectivity index (χ3v) is 7.71. The summed E-state index contributed by atoms with van der Waals surface area (Å²) >= 11 is 1.20. The van der Waals surface area contributed by atoms with E-state index >= 15 is 0 Å². The molecular formula is C22H22N4O3S2. The molecule has 7 nitrogen and oxygen atoms in total. The van der Waals surface area contributed by atoms with Gasteiger partial charge in [0.15, 0.2) is 9.84 Å². The third-order valence-electron chi connectivity index (χ3n) is 4.99. The Hall–Kier alpha value is -2.78. The summed E-state index contributed by atoms with van der Waals surface area (Å²) in [4.78, 5) is 17.3. The summed E-state index contributed by atoms with van der Waals surface area (Å²) < 4.78 is 23.2. The van der Waals surface area contributed by atoms with Gasteiger partial charge in [-0.05, 0) is 13.3 Å². The number of amides is 1. The van der Waals surface area contributed by atoms with Gasteiger partial charge in [-0.15, -0.1) is 10.2 Å². The second-order valence-corrected chi connectivity index (χ2v) is 10.9. The molecular weight excluding hydrogens is 432 g/mol. The zero-order valence-electron chi connectivity index (χ0n) is 16.9. The lowest BCUT2D eigenvalue weighted by atomic mass is 10.0. The Morgan fingerprint density at radius 2 is 1.61 bits per heavy atom.